The SMILES string of the molecule is Cc1cc(-c2ccc3ccccc3c2)cc(-c2ccc3ccccc3c2)c1N(c1ccc2c(c1)C(C)(C)c1ccccc1-2)c1ccc2c(c1)C(C)(C)c1ccccc1-2. The third kappa shape index (κ3) is 5.16. The fourth-order valence-electron chi connectivity index (χ4n) is 10.3. The first-order valence-electron chi connectivity index (χ1n) is 20.6. The zero-order valence-electron chi connectivity index (χ0n) is 33.8. The van der Waals surface area contributed by atoms with Crippen LogP contribution in [0.1, 0.15) is 55.5 Å². The zero-order valence-corrected chi connectivity index (χ0v) is 33.8. The first-order chi connectivity index (χ1) is 28.2. The van der Waals surface area contributed by atoms with Crippen LogP contribution in [-0.2, 0) is 10.8 Å². The van der Waals surface area contributed by atoms with Crippen LogP contribution in [0, 0.1) is 6.92 Å². The zero-order chi connectivity index (χ0) is 39.3. The van der Waals surface area contributed by atoms with Crippen molar-refractivity contribution in [1.82, 2.24) is 0 Å². The number of hydrogen-bond acceptors (Lipinski definition) is 1. The molecule has 1 nitrogen and oxygen atoms in total. The lowest BCUT2D eigenvalue weighted by atomic mass is 9.82. The summed E-state index contributed by atoms with van der Waals surface area (Å²) in [7, 11) is 0. The third-order valence-electron chi connectivity index (χ3n) is 13.3. The summed E-state index contributed by atoms with van der Waals surface area (Å²) in [6.07, 6.45) is 0. The minimum atomic E-state index is -0.134. The van der Waals surface area contributed by atoms with Gasteiger partial charge in [-0.3, -0.25) is 0 Å². The van der Waals surface area contributed by atoms with E-state index in [2.05, 4.69) is 222 Å². The van der Waals surface area contributed by atoms with Gasteiger partial charge in [-0.25, -0.2) is 0 Å². The molecule has 2 aliphatic rings. The van der Waals surface area contributed by atoms with E-state index in [9.17, 15) is 0 Å². The smallest absolute Gasteiger partial charge is 0.0569 e. The minimum Gasteiger partial charge on any atom is -0.310 e. The molecule has 0 aliphatic heterocycles. The number of nitrogens with zero attached hydrogens (tertiary/aromatic N) is 1. The van der Waals surface area contributed by atoms with Gasteiger partial charge in [0, 0.05) is 27.8 Å². The van der Waals surface area contributed by atoms with Gasteiger partial charge in [0.15, 0.2) is 0 Å². The molecule has 0 fully saturated rings. The van der Waals surface area contributed by atoms with Gasteiger partial charge in [0.25, 0.3) is 0 Å². The Morgan fingerprint density at radius 1 is 0.328 bits per heavy atom. The highest BCUT2D eigenvalue weighted by atomic mass is 15.1. The van der Waals surface area contributed by atoms with Crippen LogP contribution in [-0.4, -0.2) is 0 Å². The Morgan fingerprint density at radius 2 is 0.776 bits per heavy atom. The van der Waals surface area contributed by atoms with Crippen LogP contribution in [0.3, 0.4) is 0 Å². The lowest BCUT2D eigenvalue weighted by Gasteiger charge is -2.32. The van der Waals surface area contributed by atoms with Crippen molar-refractivity contribution in [3.05, 3.63) is 210 Å². The van der Waals surface area contributed by atoms with E-state index in [0.29, 0.717) is 0 Å². The summed E-state index contributed by atoms with van der Waals surface area (Å²) in [4.78, 5) is 2.56. The summed E-state index contributed by atoms with van der Waals surface area (Å²) in [6.45, 7) is 11.8. The van der Waals surface area contributed by atoms with Gasteiger partial charge >= 0.3 is 0 Å². The quantitative estimate of drug-likeness (QED) is 0.170. The molecule has 9 aromatic rings. The molecule has 58 heavy (non-hydrogen) atoms. The fraction of sp³-hybridized carbons (Fsp3) is 0.123. The van der Waals surface area contributed by atoms with E-state index in [1.807, 2.05) is 0 Å². The predicted molar refractivity (Wildman–Crippen MR) is 247 cm³/mol. The van der Waals surface area contributed by atoms with Gasteiger partial charge in [-0.15, -0.1) is 0 Å². The van der Waals surface area contributed by atoms with Gasteiger partial charge in [-0.2, -0.15) is 0 Å². The lowest BCUT2D eigenvalue weighted by molar-refractivity contribution is 0.660. The van der Waals surface area contributed by atoms with Crippen molar-refractivity contribution in [1.29, 1.82) is 0 Å². The Hall–Kier alpha value is -6.70. The highest BCUT2D eigenvalue weighted by Gasteiger charge is 2.38. The van der Waals surface area contributed by atoms with Gasteiger partial charge in [0.2, 0.25) is 0 Å². The highest BCUT2D eigenvalue weighted by Crippen LogP contribution is 2.54. The van der Waals surface area contributed by atoms with Crippen LogP contribution in [0.4, 0.5) is 17.1 Å². The van der Waals surface area contributed by atoms with Crippen LogP contribution < -0.4 is 4.90 Å². The van der Waals surface area contributed by atoms with Crippen molar-refractivity contribution in [2.45, 2.75) is 45.4 Å². The molecule has 0 saturated heterocycles. The van der Waals surface area contributed by atoms with Crippen LogP contribution in [0.25, 0.3) is 66.1 Å². The molecule has 2 aliphatic carbocycles. The first-order valence-corrected chi connectivity index (χ1v) is 20.6. The number of anilines is 3. The number of fused-ring (bicyclic) bond motifs is 8. The molecule has 0 atom stereocenters. The van der Waals surface area contributed by atoms with Gasteiger partial charge in [-0.1, -0.05) is 161 Å². The van der Waals surface area contributed by atoms with E-state index >= 15 is 0 Å². The minimum absolute atomic E-state index is 0.134. The van der Waals surface area contributed by atoms with E-state index in [4.69, 9.17) is 0 Å². The number of rotatable bonds is 5. The Labute approximate surface area is 341 Å². The highest BCUT2D eigenvalue weighted by molar-refractivity contribution is 5.98. The van der Waals surface area contributed by atoms with Crippen molar-refractivity contribution >= 4 is 38.6 Å². The van der Waals surface area contributed by atoms with Crippen LogP contribution in [0.15, 0.2) is 182 Å². The molecule has 0 spiro atoms. The second-order valence-electron chi connectivity index (χ2n) is 17.4. The molecule has 0 heterocycles. The van der Waals surface area contributed by atoms with E-state index in [0.717, 1.165) is 11.4 Å². The molecule has 0 unspecified atom stereocenters. The van der Waals surface area contributed by atoms with E-state index in [-0.39, 0.29) is 10.8 Å². The Kier molecular flexibility index (Phi) is 7.53. The monoisotopic (exact) mass is 743 g/mol. The summed E-state index contributed by atoms with van der Waals surface area (Å²) >= 11 is 0. The molecular weight excluding hydrogens is 699 g/mol. The lowest BCUT2D eigenvalue weighted by Crippen LogP contribution is -2.18. The summed E-state index contributed by atoms with van der Waals surface area (Å²) in [5.41, 5.74) is 20.2. The predicted octanol–water partition coefficient (Wildman–Crippen LogP) is 15.7. The van der Waals surface area contributed by atoms with Gasteiger partial charge < -0.3 is 4.90 Å². The van der Waals surface area contributed by atoms with Crippen molar-refractivity contribution in [2.24, 2.45) is 0 Å². The third-order valence-corrected chi connectivity index (χ3v) is 13.3. The van der Waals surface area contributed by atoms with Crippen LogP contribution in [0.5, 0.6) is 0 Å². The molecule has 0 saturated carbocycles. The van der Waals surface area contributed by atoms with Crippen LogP contribution >= 0.6 is 0 Å². The number of aryl methyl sites for hydroxylation is 1. The van der Waals surface area contributed by atoms with Crippen molar-refractivity contribution in [2.75, 3.05) is 4.90 Å². The fourth-order valence-corrected chi connectivity index (χ4v) is 10.3. The Balaban J connectivity index is 1.19. The summed E-state index contributed by atoms with van der Waals surface area (Å²) in [6, 6.07) is 68.3. The van der Waals surface area contributed by atoms with E-state index in [1.54, 1.807) is 0 Å². The van der Waals surface area contributed by atoms with E-state index in [1.165, 1.54) is 99.6 Å². The molecule has 0 amide bonds. The second kappa shape index (κ2) is 12.7. The van der Waals surface area contributed by atoms with Gasteiger partial charge in [0.05, 0.1) is 5.69 Å². The molecule has 0 radical (unpaired) electrons. The Bertz CT molecular complexity index is 3030. The maximum Gasteiger partial charge on any atom is 0.0569 e. The van der Waals surface area contributed by atoms with Crippen LogP contribution in [0.2, 0.25) is 0 Å². The van der Waals surface area contributed by atoms with Crippen molar-refractivity contribution in [3.8, 4) is 44.5 Å². The first kappa shape index (κ1) is 34.5. The maximum atomic E-state index is 2.56. The molecular formula is C57H45N. The topological polar surface area (TPSA) is 3.24 Å². The number of benzene rings is 9. The summed E-state index contributed by atoms with van der Waals surface area (Å²) in [5, 5.41) is 4.98. The summed E-state index contributed by atoms with van der Waals surface area (Å²) in [5.74, 6) is 0. The van der Waals surface area contributed by atoms with Gasteiger partial charge in [0.1, 0.15) is 0 Å². The Morgan fingerprint density at radius 3 is 1.33 bits per heavy atom. The number of hydrogen-bond donors (Lipinski definition) is 0. The molecule has 1 heteroatoms. The average molecular weight is 744 g/mol. The molecule has 0 aromatic heterocycles. The summed E-state index contributed by atoms with van der Waals surface area (Å²) < 4.78 is 0. The molecule has 9 aromatic carbocycles. The molecule has 278 valence electrons. The van der Waals surface area contributed by atoms with Gasteiger partial charge in [-0.05, 0) is 144 Å². The standard InChI is InChI=1S/C57H45N/c1-36-30-43(41-24-22-37-14-6-8-16-39(37)31-41)33-50(42-25-23-38-15-7-9-17-40(38)32-42)55(36)58(44-26-28-48-46-18-10-12-20-51(46)56(2,3)53(48)34-44)45-27-29-49-47-19-11-13-21-52(47)57(4,5)54(49)35-45/h6-35H,1-5H3. The van der Waals surface area contributed by atoms with Crippen molar-refractivity contribution in [3.63, 3.8) is 0 Å². The normalized spacial score (nSPS) is 14.2. The molecule has 11 rings (SSSR count). The second-order valence-corrected chi connectivity index (χ2v) is 17.4. The van der Waals surface area contributed by atoms with E-state index < -0.39 is 0 Å². The van der Waals surface area contributed by atoms with Crippen molar-refractivity contribution < 1.29 is 0 Å². The maximum absolute atomic E-state index is 2.56. The molecule has 0 N–H and O–H groups in total. The average Bonchev–Trinajstić information content (AvgIpc) is 3.63. The largest absolute Gasteiger partial charge is 0.310 e. The molecule has 0 bridgehead atoms.